The van der Waals surface area contributed by atoms with E-state index in [9.17, 15) is 14.3 Å². The fourth-order valence-electron chi connectivity index (χ4n) is 2.92. The Hall–Kier alpha value is -3.60. The summed E-state index contributed by atoms with van der Waals surface area (Å²) in [6.45, 7) is 0. The van der Waals surface area contributed by atoms with Crippen LogP contribution in [-0.2, 0) is 0 Å². The summed E-state index contributed by atoms with van der Waals surface area (Å²) in [6, 6.07) is 16.9. The van der Waals surface area contributed by atoms with E-state index in [1.807, 2.05) is 0 Å². The molecule has 0 bridgehead atoms. The molecule has 4 rings (SSSR count). The first-order valence-electron chi connectivity index (χ1n) is 7.97. The van der Waals surface area contributed by atoms with Gasteiger partial charge in [0.2, 0.25) is 0 Å². The summed E-state index contributed by atoms with van der Waals surface area (Å²) in [4.78, 5) is 20.1. The standard InChI is InChI=1S/C21H13FN2O2/c22-18-4-2-1-3-15(18)13-5-7-14(8-6-13)19-11-17(21(25)26)16-9-10-23-12-20(16)24-19/h1-12H,(H,25,26). The van der Waals surface area contributed by atoms with Gasteiger partial charge in [-0.05, 0) is 23.8 Å². The predicted molar refractivity (Wildman–Crippen MR) is 97.3 cm³/mol. The van der Waals surface area contributed by atoms with Gasteiger partial charge >= 0.3 is 5.97 Å². The maximum Gasteiger partial charge on any atom is 0.336 e. The molecule has 4 aromatic rings. The number of carboxylic acid groups (broad SMARTS) is 1. The minimum absolute atomic E-state index is 0.172. The minimum Gasteiger partial charge on any atom is -0.478 e. The Bertz CT molecular complexity index is 1120. The lowest BCUT2D eigenvalue weighted by atomic mass is 10.0. The van der Waals surface area contributed by atoms with Crippen LogP contribution in [0.25, 0.3) is 33.3 Å². The number of halogens is 1. The molecule has 4 nitrogen and oxygen atoms in total. The van der Waals surface area contributed by atoms with Crippen LogP contribution >= 0.6 is 0 Å². The van der Waals surface area contributed by atoms with Crippen molar-refractivity contribution in [2.24, 2.45) is 0 Å². The van der Waals surface area contributed by atoms with Crippen molar-refractivity contribution in [3.63, 3.8) is 0 Å². The van der Waals surface area contributed by atoms with E-state index in [0.29, 0.717) is 22.2 Å². The fraction of sp³-hybridized carbons (Fsp3) is 0. The second-order valence-electron chi connectivity index (χ2n) is 5.81. The molecule has 0 aliphatic heterocycles. The molecular weight excluding hydrogens is 331 g/mol. The van der Waals surface area contributed by atoms with Crippen LogP contribution in [0.1, 0.15) is 10.4 Å². The third kappa shape index (κ3) is 2.80. The molecule has 0 spiro atoms. The van der Waals surface area contributed by atoms with Gasteiger partial charge in [-0.15, -0.1) is 0 Å². The van der Waals surface area contributed by atoms with Crippen molar-refractivity contribution in [3.05, 3.63) is 84.4 Å². The third-order valence-corrected chi connectivity index (χ3v) is 4.21. The zero-order valence-electron chi connectivity index (χ0n) is 13.6. The number of aromatic carboxylic acids is 1. The van der Waals surface area contributed by atoms with E-state index < -0.39 is 5.97 Å². The van der Waals surface area contributed by atoms with Crippen molar-refractivity contribution in [2.75, 3.05) is 0 Å². The molecule has 2 heterocycles. The summed E-state index contributed by atoms with van der Waals surface area (Å²) in [5.41, 5.74) is 3.22. The van der Waals surface area contributed by atoms with Crippen LogP contribution in [0.15, 0.2) is 73.1 Å². The average Bonchev–Trinajstić information content (AvgIpc) is 2.67. The Morgan fingerprint density at radius 3 is 2.42 bits per heavy atom. The average molecular weight is 344 g/mol. The number of carboxylic acids is 1. The highest BCUT2D eigenvalue weighted by Crippen LogP contribution is 2.28. The number of hydrogen-bond acceptors (Lipinski definition) is 3. The van der Waals surface area contributed by atoms with Crippen LogP contribution in [0, 0.1) is 5.82 Å². The second-order valence-corrected chi connectivity index (χ2v) is 5.81. The summed E-state index contributed by atoms with van der Waals surface area (Å²) in [5.74, 6) is -1.31. The van der Waals surface area contributed by atoms with Crippen LogP contribution in [-0.4, -0.2) is 21.0 Å². The molecule has 0 saturated heterocycles. The molecule has 126 valence electrons. The highest BCUT2D eigenvalue weighted by Gasteiger charge is 2.13. The van der Waals surface area contributed by atoms with Gasteiger partial charge in [0.1, 0.15) is 5.82 Å². The van der Waals surface area contributed by atoms with Crippen molar-refractivity contribution in [1.29, 1.82) is 0 Å². The maximum absolute atomic E-state index is 13.9. The minimum atomic E-state index is -1.02. The van der Waals surface area contributed by atoms with Gasteiger partial charge in [0.25, 0.3) is 0 Å². The van der Waals surface area contributed by atoms with Gasteiger partial charge in [0.05, 0.1) is 23.0 Å². The molecule has 2 aromatic carbocycles. The first-order valence-corrected chi connectivity index (χ1v) is 7.97. The number of pyridine rings is 2. The number of hydrogen-bond donors (Lipinski definition) is 1. The normalized spacial score (nSPS) is 10.8. The zero-order valence-corrected chi connectivity index (χ0v) is 13.6. The summed E-state index contributed by atoms with van der Waals surface area (Å²) in [7, 11) is 0. The highest BCUT2D eigenvalue weighted by molar-refractivity contribution is 6.03. The van der Waals surface area contributed by atoms with E-state index in [1.54, 1.807) is 67.0 Å². The first-order chi connectivity index (χ1) is 12.6. The molecule has 0 atom stereocenters. The fourth-order valence-corrected chi connectivity index (χ4v) is 2.92. The van der Waals surface area contributed by atoms with E-state index in [0.717, 1.165) is 11.1 Å². The number of fused-ring (bicyclic) bond motifs is 1. The van der Waals surface area contributed by atoms with Gasteiger partial charge in [-0.3, -0.25) is 4.98 Å². The van der Waals surface area contributed by atoms with Gasteiger partial charge in [-0.2, -0.15) is 0 Å². The largest absolute Gasteiger partial charge is 0.478 e. The highest BCUT2D eigenvalue weighted by atomic mass is 19.1. The molecule has 0 unspecified atom stereocenters. The summed E-state index contributed by atoms with van der Waals surface area (Å²) in [6.07, 6.45) is 3.08. The van der Waals surface area contributed by atoms with Gasteiger partial charge in [-0.1, -0.05) is 42.5 Å². The Morgan fingerprint density at radius 1 is 0.962 bits per heavy atom. The first kappa shape index (κ1) is 15.9. The lowest BCUT2D eigenvalue weighted by Crippen LogP contribution is -2.00. The van der Waals surface area contributed by atoms with Gasteiger partial charge in [-0.25, -0.2) is 14.2 Å². The molecule has 5 heteroatoms. The smallest absolute Gasteiger partial charge is 0.336 e. The maximum atomic E-state index is 13.9. The molecule has 0 aliphatic rings. The summed E-state index contributed by atoms with van der Waals surface area (Å²) in [5, 5.41) is 10.0. The molecule has 0 radical (unpaired) electrons. The van der Waals surface area contributed by atoms with Crippen molar-refractivity contribution in [1.82, 2.24) is 9.97 Å². The van der Waals surface area contributed by atoms with Crippen LogP contribution in [0.2, 0.25) is 0 Å². The molecular formula is C21H13FN2O2. The van der Waals surface area contributed by atoms with E-state index in [2.05, 4.69) is 9.97 Å². The van der Waals surface area contributed by atoms with E-state index in [-0.39, 0.29) is 11.4 Å². The SMILES string of the molecule is O=C(O)c1cc(-c2ccc(-c3ccccc3F)cc2)nc2cnccc12. The topological polar surface area (TPSA) is 63.1 Å². The van der Waals surface area contributed by atoms with E-state index in [4.69, 9.17) is 0 Å². The summed E-state index contributed by atoms with van der Waals surface area (Å²) < 4.78 is 13.9. The van der Waals surface area contributed by atoms with Crippen LogP contribution in [0.3, 0.4) is 0 Å². The number of nitrogens with zero attached hydrogens (tertiary/aromatic N) is 2. The number of benzene rings is 2. The second kappa shape index (κ2) is 6.37. The van der Waals surface area contributed by atoms with E-state index >= 15 is 0 Å². The number of rotatable bonds is 3. The van der Waals surface area contributed by atoms with Crippen molar-refractivity contribution in [2.45, 2.75) is 0 Å². The van der Waals surface area contributed by atoms with Gasteiger partial charge in [0.15, 0.2) is 0 Å². The Balaban J connectivity index is 1.81. The molecule has 26 heavy (non-hydrogen) atoms. The predicted octanol–water partition coefficient (Wildman–Crippen LogP) is 4.80. The molecule has 1 N–H and O–H groups in total. The van der Waals surface area contributed by atoms with Crippen LogP contribution in [0.4, 0.5) is 4.39 Å². The lowest BCUT2D eigenvalue weighted by molar-refractivity contribution is 0.0699. The molecule has 0 fully saturated rings. The Morgan fingerprint density at radius 2 is 1.69 bits per heavy atom. The summed E-state index contributed by atoms with van der Waals surface area (Å²) >= 11 is 0. The molecule has 0 amide bonds. The number of aromatic nitrogens is 2. The zero-order chi connectivity index (χ0) is 18.1. The molecule has 0 aliphatic carbocycles. The lowest BCUT2D eigenvalue weighted by Gasteiger charge is -2.08. The third-order valence-electron chi connectivity index (χ3n) is 4.21. The monoisotopic (exact) mass is 344 g/mol. The van der Waals surface area contributed by atoms with Gasteiger partial charge in [0, 0.05) is 22.7 Å². The van der Waals surface area contributed by atoms with Crippen molar-refractivity contribution < 1.29 is 14.3 Å². The van der Waals surface area contributed by atoms with Crippen LogP contribution in [0.5, 0.6) is 0 Å². The Labute approximate surface area is 148 Å². The van der Waals surface area contributed by atoms with E-state index in [1.165, 1.54) is 6.07 Å². The van der Waals surface area contributed by atoms with Crippen molar-refractivity contribution >= 4 is 16.9 Å². The Kier molecular flexibility index (Phi) is 3.89. The number of carbonyl (C=O) groups is 1. The van der Waals surface area contributed by atoms with Crippen molar-refractivity contribution in [3.8, 4) is 22.4 Å². The molecule has 0 saturated carbocycles. The molecule has 2 aromatic heterocycles. The quantitative estimate of drug-likeness (QED) is 0.580. The van der Waals surface area contributed by atoms with Crippen LogP contribution < -0.4 is 0 Å². The van der Waals surface area contributed by atoms with Gasteiger partial charge < -0.3 is 5.11 Å².